The number of likely N-dealkylation sites (tertiary alicyclic amines) is 1. The zero-order valence-electron chi connectivity index (χ0n) is 21.3. The molecule has 0 unspecified atom stereocenters. The van der Waals surface area contributed by atoms with Crippen LogP contribution in [0.1, 0.15) is 31.4 Å². The van der Waals surface area contributed by atoms with Crippen molar-refractivity contribution < 1.29 is 34.1 Å². The number of carbonyl (C=O) groups excluding carboxylic acids is 3. The van der Waals surface area contributed by atoms with E-state index in [9.17, 15) is 24.6 Å². The number of amides is 3. The first kappa shape index (κ1) is 25.7. The Morgan fingerprint density at radius 3 is 2.68 bits per heavy atom. The van der Waals surface area contributed by atoms with Crippen molar-refractivity contribution in [3.05, 3.63) is 18.2 Å². The maximum absolute atomic E-state index is 13.8. The lowest BCUT2D eigenvalue weighted by Crippen LogP contribution is -2.55. The van der Waals surface area contributed by atoms with Gasteiger partial charge in [0.2, 0.25) is 17.7 Å². The summed E-state index contributed by atoms with van der Waals surface area (Å²) in [6.45, 7) is 2.48. The molecule has 4 aliphatic heterocycles. The summed E-state index contributed by atoms with van der Waals surface area (Å²) >= 11 is 0. The Labute approximate surface area is 220 Å². The molecule has 13 nitrogen and oxygen atoms in total. The van der Waals surface area contributed by atoms with E-state index in [0.29, 0.717) is 39.2 Å². The second-order valence-corrected chi connectivity index (χ2v) is 11.2. The molecule has 0 radical (unpaired) electrons. The van der Waals surface area contributed by atoms with Gasteiger partial charge in [-0.3, -0.25) is 19.3 Å². The van der Waals surface area contributed by atoms with Crippen LogP contribution < -0.4 is 5.32 Å². The zero-order chi connectivity index (χ0) is 26.4. The first-order valence-electron chi connectivity index (χ1n) is 13.6. The van der Waals surface area contributed by atoms with Crippen molar-refractivity contribution in [1.82, 2.24) is 30.0 Å². The fraction of sp³-hybridized carbons (Fsp3) is 0.760. The summed E-state index contributed by atoms with van der Waals surface area (Å²) in [6, 6.07) is -0.686. The maximum Gasteiger partial charge on any atom is 0.240 e. The van der Waals surface area contributed by atoms with Crippen LogP contribution in [0.15, 0.2) is 12.5 Å². The van der Waals surface area contributed by atoms with E-state index in [1.165, 1.54) is 0 Å². The second kappa shape index (κ2) is 10.5. The smallest absolute Gasteiger partial charge is 0.240 e. The van der Waals surface area contributed by atoms with Crippen LogP contribution in [0.4, 0.5) is 0 Å². The molecule has 6 bridgehead atoms. The predicted octanol–water partition coefficient (Wildman–Crippen LogP) is -2.17. The Bertz CT molecular complexity index is 1040. The van der Waals surface area contributed by atoms with Crippen molar-refractivity contribution in [3.8, 4) is 0 Å². The molecule has 1 saturated carbocycles. The van der Waals surface area contributed by atoms with Gasteiger partial charge in [0, 0.05) is 63.1 Å². The molecule has 208 valence electrons. The van der Waals surface area contributed by atoms with Crippen LogP contribution >= 0.6 is 0 Å². The number of carbonyl (C=O) groups is 3. The van der Waals surface area contributed by atoms with Gasteiger partial charge in [-0.2, -0.15) is 0 Å². The number of nitrogens with zero attached hydrogens (tertiary/aromatic N) is 4. The average molecular weight is 533 g/mol. The number of aliphatic hydroxyl groups excluding tert-OH is 2. The minimum atomic E-state index is -1.24. The molecule has 5 heterocycles. The summed E-state index contributed by atoms with van der Waals surface area (Å²) in [5, 5.41) is 24.4. The Hall–Kier alpha value is -2.58. The third-order valence-electron chi connectivity index (χ3n) is 8.34. The molecular weight excluding hydrogens is 496 g/mol. The Kier molecular flexibility index (Phi) is 7.12. The number of aromatic amines is 1. The number of aliphatic hydroxyl groups is 2. The molecule has 1 aliphatic carbocycles. The number of aromatic nitrogens is 2. The predicted molar refractivity (Wildman–Crippen MR) is 130 cm³/mol. The number of rotatable bonds is 3. The van der Waals surface area contributed by atoms with Gasteiger partial charge in [0.15, 0.2) is 0 Å². The van der Waals surface area contributed by atoms with Crippen LogP contribution in [-0.4, -0.2) is 135 Å². The molecule has 13 heteroatoms. The minimum absolute atomic E-state index is 0.0176. The van der Waals surface area contributed by atoms with Crippen LogP contribution in [-0.2, 0) is 30.4 Å². The lowest BCUT2D eigenvalue weighted by Gasteiger charge is -2.38. The largest absolute Gasteiger partial charge is 0.388 e. The molecule has 6 rings (SSSR count). The third kappa shape index (κ3) is 5.30. The normalized spacial score (nSPS) is 36.9. The van der Waals surface area contributed by atoms with Crippen molar-refractivity contribution >= 4 is 17.7 Å². The first-order chi connectivity index (χ1) is 18.4. The monoisotopic (exact) mass is 532 g/mol. The SMILES string of the molecule is O=C1C[C@@H]2O[C@H](CN(C(=O)C3CC3)C[C@@H]3CN(CCO3)C(=O)[C@@H]3C[C@@H](CN3Cc3cnc[nH]3)N1)[C@@H](O)[C@H]2O. The van der Waals surface area contributed by atoms with E-state index in [-0.39, 0.29) is 55.3 Å². The highest BCUT2D eigenvalue weighted by Gasteiger charge is 2.47. The van der Waals surface area contributed by atoms with Gasteiger partial charge < -0.3 is 39.8 Å². The number of morpholine rings is 1. The van der Waals surface area contributed by atoms with Crippen LogP contribution in [0.2, 0.25) is 0 Å². The molecule has 7 atom stereocenters. The fourth-order valence-electron chi connectivity index (χ4n) is 6.19. The lowest BCUT2D eigenvalue weighted by atomic mass is 10.0. The van der Waals surface area contributed by atoms with Gasteiger partial charge in [-0.25, -0.2) is 4.98 Å². The molecule has 3 amide bonds. The molecule has 5 fully saturated rings. The van der Waals surface area contributed by atoms with E-state index in [1.807, 2.05) is 4.90 Å². The molecule has 4 saturated heterocycles. The highest BCUT2D eigenvalue weighted by molar-refractivity contribution is 5.83. The van der Waals surface area contributed by atoms with E-state index < -0.39 is 30.5 Å². The molecule has 5 aliphatic rings. The summed E-state index contributed by atoms with van der Waals surface area (Å²) < 4.78 is 11.9. The number of hydrogen-bond acceptors (Lipinski definition) is 9. The topological polar surface area (TPSA) is 161 Å². The molecule has 38 heavy (non-hydrogen) atoms. The summed E-state index contributed by atoms with van der Waals surface area (Å²) in [7, 11) is 0. The first-order valence-corrected chi connectivity index (χ1v) is 13.6. The number of ether oxygens (including phenoxy) is 2. The van der Waals surface area contributed by atoms with Gasteiger partial charge in [0.05, 0.1) is 37.6 Å². The standard InChI is InChI=1S/C25H36N6O7/c32-21-6-19-22(33)23(34)20(38-19)12-31(24(35)14-1-2-14)11-17-10-29(3-4-37-17)25(36)18-5-15(28-21)8-30(18)9-16-7-26-13-27-16/h7,13-15,17-20,22-23,33-34H,1-6,8-12H2,(H,26,27)(H,28,32)/t15-,17-,18-,19-,20+,22-,23+/m0/s1. The number of H-pyrrole nitrogens is 1. The van der Waals surface area contributed by atoms with E-state index in [1.54, 1.807) is 22.3 Å². The van der Waals surface area contributed by atoms with Crippen molar-refractivity contribution in [2.75, 3.05) is 39.3 Å². The average Bonchev–Trinajstić information content (AvgIpc) is 3.40. The van der Waals surface area contributed by atoms with Gasteiger partial charge in [-0.1, -0.05) is 0 Å². The highest BCUT2D eigenvalue weighted by atomic mass is 16.5. The summed E-state index contributed by atoms with van der Waals surface area (Å²) in [5.74, 6) is -0.422. The van der Waals surface area contributed by atoms with Gasteiger partial charge >= 0.3 is 0 Å². The van der Waals surface area contributed by atoms with Gasteiger partial charge in [0.1, 0.15) is 18.3 Å². The Balaban J connectivity index is 1.26. The second-order valence-electron chi connectivity index (χ2n) is 11.2. The molecular formula is C25H36N6O7. The molecule has 0 aromatic carbocycles. The van der Waals surface area contributed by atoms with Crippen LogP contribution in [0.3, 0.4) is 0 Å². The zero-order valence-corrected chi connectivity index (χ0v) is 21.3. The van der Waals surface area contributed by atoms with Crippen LogP contribution in [0, 0.1) is 5.92 Å². The Morgan fingerprint density at radius 2 is 1.92 bits per heavy atom. The Morgan fingerprint density at radius 1 is 1.11 bits per heavy atom. The quantitative estimate of drug-likeness (QED) is 0.340. The fourth-order valence-corrected chi connectivity index (χ4v) is 6.19. The number of imidazole rings is 1. The van der Waals surface area contributed by atoms with E-state index in [0.717, 1.165) is 18.5 Å². The highest BCUT2D eigenvalue weighted by Crippen LogP contribution is 2.33. The third-order valence-corrected chi connectivity index (χ3v) is 8.34. The van der Waals surface area contributed by atoms with Gasteiger partial charge in [0.25, 0.3) is 0 Å². The van der Waals surface area contributed by atoms with Gasteiger partial charge in [-0.15, -0.1) is 0 Å². The minimum Gasteiger partial charge on any atom is -0.388 e. The molecule has 0 spiro atoms. The van der Waals surface area contributed by atoms with Crippen LogP contribution in [0.5, 0.6) is 0 Å². The lowest BCUT2D eigenvalue weighted by molar-refractivity contribution is -0.147. The number of nitrogens with one attached hydrogen (secondary N) is 2. The number of fused-ring (bicyclic) bond motifs is 6. The van der Waals surface area contributed by atoms with Crippen LogP contribution in [0.25, 0.3) is 0 Å². The van der Waals surface area contributed by atoms with Crippen molar-refractivity contribution in [2.24, 2.45) is 5.92 Å². The van der Waals surface area contributed by atoms with E-state index >= 15 is 0 Å². The van der Waals surface area contributed by atoms with E-state index in [2.05, 4.69) is 15.3 Å². The van der Waals surface area contributed by atoms with E-state index in [4.69, 9.17) is 9.47 Å². The maximum atomic E-state index is 13.8. The van der Waals surface area contributed by atoms with Gasteiger partial charge in [-0.05, 0) is 19.3 Å². The van der Waals surface area contributed by atoms with Crippen molar-refractivity contribution in [2.45, 2.75) is 74.8 Å². The summed E-state index contributed by atoms with van der Waals surface area (Å²) in [6.07, 6.45) is 0.742. The summed E-state index contributed by atoms with van der Waals surface area (Å²) in [5.41, 5.74) is 0.872. The molecule has 4 N–H and O–H groups in total. The van der Waals surface area contributed by atoms with Crippen molar-refractivity contribution in [1.29, 1.82) is 0 Å². The number of hydrogen-bond donors (Lipinski definition) is 4. The molecule has 1 aromatic rings. The molecule has 1 aromatic heterocycles. The summed E-state index contributed by atoms with van der Waals surface area (Å²) in [4.78, 5) is 52.5. The van der Waals surface area contributed by atoms with Crippen molar-refractivity contribution in [3.63, 3.8) is 0 Å².